The first-order valence-electron chi connectivity index (χ1n) is 5.33. The molecule has 0 aromatic heterocycles. The summed E-state index contributed by atoms with van der Waals surface area (Å²) in [6.07, 6.45) is 3.79. The Morgan fingerprint density at radius 1 is 1.50 bits per heavy atom. The van der Waals surface area contributed by atoms with Gasteiger partial charge in [0.15, 0.2) is 0 Å². The summed E-state index contributed by atoms with van der Waals surface area (Å²) in [6.45, 7) is 1.91. The summed E-state index contributed by atoms with van der Waals surface area (Å²) >= 11 is 3.32. The third kappa shape index (κ3) is 3.04. The van der Waals surface area contributed by atoms with Crippen molar-refractivity contribution in [2.45, 2.75) is 18.2 Å². The summed E-state index contributed by atoms with van der Waals surface area (Å²) in [6, 6.07) is 5.11. The van der Waals surface area contributed by atoms with Crippen molar-refractivity contribution in [2.75, 3.05) is 7.05 Å². The molecule has 1 aliphatic rings. The van der Waals surface area contributed by atoms with Gasteiger partial charge in [-0.25, -0.2) is 6.08 Å². The molecular formula is C13H13BrNO2Y-. The number of aryl methyl sites for hydroxylation is 1. The molecule has 0 saturated heterocycles. The number of rotatable bonds is 1. The minimum Gasteiger partial charge on any atom is -0.508 e. The van der Waals surface area contributed by atoms with Gasteiger partial charge < -0.3 is 10.0 Å². The van der Waals surface area contributed by atoms with Crippen LogP contribution in [0.1, 0.15) is 17.5 Å². The maximum Gasteiger partial charge on any atom is 0.236 e. The van der Waals surface area contributed by atoms with E-state index in [2.05, 4.69) is 22.0 Å². The molecule has 5 heteroatoms. The Kier molecular flexibility index (Phi) is 5.56. The van der Waals surface area contributed by atoms with Gasteiger partial charge in [-0.2, -0.15) is 0 Å². The van der Waals surface area contributed by atoms with Crippen molar-refractivity contribution in [1.82, 2.24) is 4.90 Å². The van der Waals surface area contributed by atoms with Crippen molar-refractivity contribution >= 4 is 27.5 Å². The molecule has 3 nitrogen and oxygen atoms in total. The van der Waals surface area contributed by atoms with Crippen LogP contribution in [-0.4, -0.2) is 27.8 Å². The molecule has 1 N–H and O–H groups in total. The Morgan fingerprint density at radius 2 is 2.17 bits per heavy atom. The molecule has 93 valence electrons. The van der Waals surface area contributed by atoms with Gasteiger partial charge in [0.05, 0.1) is 4.83 Å². The summed E-state index contributed by atoms with van der Waals surface area (Å²) in [5.74, 6) is 0.265. The number of carbonyl (C=O) groups excluding carboxylic acids is 1. The van der Waals surface area contributed by atoms with Crippen molar-refractivity contribution in [2.24, 2.45) is 0 Å². The van der Waals surface area contributed by atoms with Gasteiger partial charge in [-0.15, -0.1) is 22.9 Å². The molecule has 0 saturated carbocycles. The molecule has 1 unspecified atom stereocenters. The minimum atomic E-state index is -0.186. The van der Waals surface area contributed by atoms with E-state index in [-0.39, 0.29) is 49.2 Å². The quantitative estimate of drug-likeness (QED) is 0.597. The second-order valence-corrected chi connectivity index (χ2v) is 5.20. The fraction of sp³-hybridized carbons (Fsp3) is 0.308. The molecule has 1 aromatic rings. The van der Waals surface area contributed by atoms with E-state index in [1.807, 2.05) is 13.0 Å². The molecule has 1 aliphatic heterocycles. The third-order valence-electron chi connectivity index (χ3n) is 2.85. The van der Waals surface area contributed by atoms with Crippen LogP contribution in [-0.2, 0) is 37.5 Å². The molecular weight excluding hydrogens is 371 g/mol. The average Bonchev–Trinajstić information content (AvgIpc) is 2.28. The zero-order chi connectivity index (χ0) is 12.6. The molecule has 2 rings (SSSR count). The smallest absolute Gasteiger partial charge is 0.236 e. The number of hydrogen-bond acceptors (Lipinski definition) is 2. The van der Waals surface area contributed by atoms with E-state index in [0.717, 1.165) is 16.8 Å². The van der Waals surface area contributed by atoms with E-state index in [9.17, 15) is 9.90 Å². The Hall–Kier alpha value is -0.186. The average molecular weight is 384 g/mol. The van der Waals surface area contributed by atoms with Gasteiger partial charge in [-0.3, -0.25) is 4.79 Å². The molecule has 1 aromatic carbocycles. The molecule has 1 heterocycles. The van der Waals surface area contributed by atoms with Crippen LogP contribution in [0, 0.1) is 13.0 Å². The molecule has 1 radical (unpaired) electrons. The van der Waals surface area contributed by atoms with Crippen LogP contribution in [0.4, 0.5) is 0 Å². The van der Waals surface area contributed by atoms with Gasteiger partial charge >= 0.3 is 0 Å². The Balaban J connectivity index is 0.00000162. The summed E-state index contributed by atoms with van der Waals surface area (Å²) in [5.41, 5.74) is 2.64. The normalized spacial score (nSPS) is 19.3. The van der Waals surface area contributed by atoms with Crippen molar-refractivity contribution in [3.8, 4) is 5.75 Å². The molecule has 18 heavy (non-hydrogen) atoms. The van der Waals surface area contributed by atoms with Crippen molar-refractivity contribution in [3.63, 3.8) is 0 Å². The monoisotopic (exact) mass is 383 g/mol. The van der Waals surface area contributed by atoms with Crippen LogP contribution in [0.25, 0.3) is 5.70 Å². The summed E-state index contributed by atoms with van der Waals surface area (Å²) < 4.78 is 0. The second kappa shape index (κ2) is 6.31. The molecule has 1 amide bonds. The number of halogens is 1. The van der Waals surface area contributed by atoms with E-state index >= 15 is 0 Å². The van der Waals surface area contributed by atoms with Gasteiger partial charge in [0.2, 0.25) is 5.91 Å². The largest absolute Gasteiger partial charge is 0.508 e. The Labute approximate surface area is 140 Å². The van der Waals surface area contributed by atoms with Gasteiger partial charge in [0.1, 0.15) is 5.75 Å². The SMILES string of the molecule is Cc1cc(O)ccc1C1=[C-]CC(Br)C(=O)N1C.[Y]. The van der Waals surface area contributed by atoms with Gasteiger partial charge in [0.25, 0.3) is 0 Å². The zero-order valence-electron chi connectivity index (χ0n) is 10.3. The number of nitrogens with zero attached hydrogens (tertiary/aromatic N) is 1. The second-order valence-electron chi connectivity index (χ2n) is 4.09. The van der Waals surface area contributed by atoms with Crippen molar-refractivity contribution in [1.29, 1.82) is 0 Å². The number of amides is 1. The summed E-state index contributed by atoms with van der Waals surface area (Å²) in [7, 11) is 1.74. The topological polar surface area (TPSA) is 40.5 Å². The van der Waals surface area contributed by atoms with Crippen LogP contribution in [0.15, 0.2) is 18.2 Å². The van der Waals surface area contributed by atoms with E-state index in [1.54, 1.807) is 24.1 Å². The maximum absolute atomic E-state index is 11.9. The first-order chi connectivity index (χ1) is 8.00. The maximum atomic E-state index is 11.9. The fourth-order valence-electron chi connectivity index (χ4n) is 1.90. The number of hydrogen-bond donors (Lipinski definition) is 1. The minimum absolute atomic E-state index is 0. The molecule has 1 atom stereocenters. The molecule has 0 fully saturated rings. The van der Waals surface area contributed by atoms with Gasteiger partial charge in [-0.1, -0.05) is 29.3 Å². The zero-order valence-corrected chi connectivity index (χ0v) is 14.7. The summed E-state index contributed by atoms with van der Waals surface area (Å²) in [4.78, 5) is 13.3. The predicted molar refractivity (Wildman–Crippen MR) is 69.6 cm³/mol. The fourth-order valence-corrected chi connectivity index (χ4v) is 2.37. The predicted octanol–water partition coefficient (Wildman–Crippen LogP) is 2.47. The number of phenolic OH excluding ortho intramolecular Hbond substituents is 1. The van der Waals surface area contributed by atoms with Gasteiger partial charge in [-0.05, 0) is 12.1 Å². The molecule has 0 bridgehead atoms. The number of carbonyl (C=O) groups is 1. The van der Waals surface area contributed by atoms with E-state index in [4.69, 9.17) is 0 Å². The summed E-state index contributed by atoms with van der Waals surface area (Å²) in [5, 5.41) is 9.38. The third-order valence-corrected chi connectivity index (χ3v) is 3.56. The van der Waals surface area contributed by atoms with Gasteiger partial charge in [0, 0.05) is 39.8 Å². The van der Waals surface area contributed by atoms with Crippen LogP contribution in [0.3, 0.4) is 0 Å². The number of alkyl halides is 1. The number of aromatic hydroxyl groups is 1. The Morgan fingerprint density at radius 3 is 2.78 bits per heavy atom. The Bertz CT molecular complexity index is 502. The van der Waals surface area contributed by atoms with Crippen LogP contribution >= 0.6 is 15.9 Å². The standard InChI is InChI=1S/C13H13BrNO2.Y/c1-8-7-9(16)3-4-10(8)12-6-5-11(14)13(17)15(12)2;/h3-4,7,11,16H,5H2,1-2H3;/q-1;. The number of allylic oxidation sites excluding steroid dienone is 1. The van der Waals surface area contributed by atoms with E-state index < -0.39 is 0 Å². The van der Waals surface area contributed by atoms with Crippen LogP contribution in [0.5, 0.6) is 5.75 Å². The molecule has 0 aliphatic carbocycles. The van der Waals surface area contributed by atoms with Crippen molar-refractivity contribution in [3.05, 3.63) is 35.4 Å². The van der Waals surface area contributed by atoms with E-state index in [0.29, 0.717) is 6.42 Å². The molecule has 0 spiro atoms. The number of benzene rings is 1. The van der Waals surface area contributed by atoms with Crippen LogP contribution < -0.4 is 0 Å². The van der Waals surface area contributed by atoms with E-state index in [1.165, 1.54) is 0 Å². The first-order valence-corrected chi connectivity index (χ1v) is 6.24. The first kappa shape index (κ1) is 15.9. The van der Waals surface area contributed by atoms with Crippen molar-refractivity contribution < 1.29 is 42.6 Å². The number of phenols is 1. The van der Waals surface area contributed by atoms with Crippen LogP contribution in [0.2, 0.25) is 0 Å².